The smallest absolute Gasteiger partial charge is 0.417 e. The standard InChI is InChI=1S/C24H23F3N4O2/c1-13-6-8-17(9-7-13)31-23-21(16(4)30-31)18(24(25,26)27)10-20(29-23)33-12-19-15(3)22(32-5)14(2)11-28-19/h6-11H,12H2,1-5H3. The Hall–Kier alpha value is -3.62. The molecule has 9 heteroatoms. The van der Waals surface area contributed by atoms with Crippen molar-refractivity contribution in [2.45, 2.75) is 40.5 Å². The van der Waals surface area contributed by atoms with Crippen molar-refractivity contribution >= 4 is 11.0 Å². The minimum absolute atomic E-state index is 0.0539. The molecule has 0 fully saturated rings. The zero-order valence-electron chi connectivity index (χ0n) is 18.9. The van der Waals surface area contributed by atoms with E-state index in [0.717, 1.165) is 22.8 Å². The van der Waals surface area contributed by atoms with Crippen molar-refractivity contribution in [2.75, 3.05) is 7.11 Å². The molecular weight excluding hydrogens is 433 g/mol. The highest BCUT2D eigenvalue weighted by atomic mass is 19.4. The number of pyridine rings is 2. The number of rotatable bonds is 5. The van der Waals surface area contributed by atoms with Gasteiger partial charge in [-0.05, 0) is 39.8 Å². The lowest BCUT2D eigenvalue weighted by molar-refractivity contribution is -0.136. The molecule has 0 amide bonds. The normalized spacial score (nSPS) is 11.8. The van der Waals surface area contributed by atoms with E-state index >= 15 is 0 Å². The van der Waals surface area contributed by atoms with Gasteiger partial charge in [-0.15, -0.1) is 0 Å². The van der Waals surface area contributed by atoms with Crippen LogP contribution in [-0.4, -0.2) is 26.9 Å². The predicted molar refractivity (Wildman–Crippen MR) is 118 cm³/mol. The SMILES string of the molecule is COc1c(C)cnc(COc2cc(C(F)(F)F)c3c(C)nn(-c4ccc(C)cc4)c3n2)c1C. The molecule has 4 aromatic rings. The van der Waals surface area contributed by atoms with Gasteiger partial charge in [-0.2, -0.15) is 23.3 Å². The van der Waals surface area contributed by atoms with Crippen LogP contribution in [0.3, 0.4) is 0 Å². The Morgan fingerprint density at radius 1 is 1.03 bits per heavy atom. The predicted octanol–water partition coefficient (Wildman–Crippen LogP) is 5.66. The summed E-state index contributed by atoms with van der Waals surface area (Å²) in [5.41, 5.74) is 3.27. The van der Waals surface area contributed by atoms with Crippen LogP contribution in [0.2, 0.25) is 0 Å². The fourth-order valence-corrected chi connectivity index (χ4v) is 3.79. The minimum Gasteiger partial charge on any atom is -0.496 e. The van der Waals surface area contributed by atoms with E-state index in [2.05, 4.69) is 15.1 Å². The van der Waals surface area contributed by atoms with Crippen molar-refractivity contribution in [1.29, 1.82) is 0 Å². The number of hydrogen-bond acceptors (Lipinski definition) is 5. The van der Waals surface area contributed by atoms with E-state index in [4.69, 9.17) is 9.47 Å². The monoisotopic (exact) mass is 456 g/mol. The molecule has 4 rings (SSSR count). The number of alkyl halides is 3. The largest absolute Gasteiger partial charge is 0.496 e. The molecule has 0 spiro atoms. The summed E-state index contributed by atoms with van der Waals surface area (Å²) in [7, 11) is 1.56. The average molecular weight is 456 g/mol. The molecule has 3 heterocycles. The highest BCUT2D eigenvalue weighted by Crippen LogP contribution is 2.38. The zero-order chi connectivity index (χ0) is 23.9. The summed E-state index contributed by atoms with van der Waals surface area (Å²) in [5.74, 6) is 0.500. The second kappa shape index (κ2) is 8.38. The third kappa shape index (κ3) is 4.22. The number of ether oxygens (including phenoxy) is 2. The van der Waals surface area contributed by atoms with Crippen LogP contribution in [0.25, 0.3) is 16.7 Å². The third-order valence-electron chi connectivity index (χ3n) is 5.48. The number of hydrogen-bond donors (Lipinski definition) is 0. The number of nitrogens with zero attached hydrogens (tertiary/aromatic N) is 4. The summed E-state index contributed by atoms with van der Waals surface area (Å²) in [6, 6.07) is 8.22. The van der Waals surface area contributed by atoms with Crippen molar-refractivity contribution in [2.24, 2.45) is 0 Å². The number of aromatic nitrogens is 4. The van der Waals surface area contributed by atoms with Gasteiger partial charge < -0.3 is 9.47 Å². The number of fused-ring (bicyclic) bond motifs is 1. The Balaban J connectivity index is 1.81. The molecule has 0 atom stereocenters. The summed E-state index contributed by atoms with van der Waals surface area (Å²) >= 11 is 0. The lowest BCUT2D eigenvalue weighted by Gasteiger charge is -2.14. The molecule has 33 heavy (non-hydrogen) atoms. The lowest BCUT2D eigenvalue weighted by Crippen LogP contribution is -2.10. The summed E-state index contributed by atoms with van der Waals surface area (Å²) in [6.07, 6.45) is -2.97. The molecule has 0 unspecified atom stereocenters. The summed E-state index contributed by atoms with van der Waals surface area (Å²) in [5, 5.41) is 4.29. The van der Waals surface area contributed by atoms with Crippen LogP contribution in [0.4, 0.5) is 13.2 Å². The van der Waals surface area contributed by atoms with Gasteiger partial charge in [0.15, 0.2) is 5.65 Å². The van der Waals surface area contributed by atoms with E-state index in [-0.39, 0.29) is 29.2 Å². The number of aryl methyl sites for hydroxylation is 3. The fraction of sp³-hybridized carbons (Fsp3) is 0.292. The van der Waals surface area contributed by atoms with E-state index < -0.39 is 11.7 Å². The lowest BCUT2D eigenvalue weighted by atomic mass is 10.1. The summed E-state index contributed by atoms with van der Waals surface area (Å²) < 4.78 is 54.4. The molecule has 172 valence electrons. The van der Waals surface area contributed by atoms with Gasteiger partial charge in [-0.1, -0.05) is 17.7 Å². The molecule has 0 radical (unpaired) electrons. The number of halogens is 3. The molecule has 0 saturated heterocycles. The zero-order valence-corrected chi connectivity index (χ0v) is 18.9. The highest BCUT2D eigenvalue weighted by Gasteiger charge is 2.36. The molecule has 0 aliphatic rings. The first-order valence-electron chi connectivity index (χ1n) is 10.3. The maximum Gasteiger partial charge on any atom is 0.417 e. The second-order valence-electron chi connectivity index (χ2n) is 7.87. The van der Waals surface area contributed by atoms with Crippen LogP contribution in [0.15, 0.2) is 36.5 Å². The van der Waals surface area contributed by atoms with Crippen molar-refractivity contribution in [3.8, 4) is 17.3 Å². The molecule has 1 aromatic carbocycles. The first-order chi connectivity index (χ1) is 15.6. The fourth-order valence-electron chi connectivity index (χ4n) is 3.79. The van der Waals surface area contributed by atoms with Crippen LogP contribution in [0.1, 0.15) is 33.6 Å². The first-order valence-corrected chi connectivity index (χ1v) is 10.3. The van der Waals surface area contributed by atoms with Gasteiger partial charge in [0, 0.05) is 23.4 Å². The second-order valence-corrected chi connectivity index (χ2v) is 7.87. The maximum absolute atomic E-state index is 14.0. The molecule has 3 aromatic heterocycles. The van der Waals surface area contributed by atoms with Gasteiger partial charge in [0.25, 0.3) is 0 Å². The molecule has 0 aliphatic carbocycles. The Kier molecular flexibility index (Phi) is 5.73. The van der Waals surface area contributed by atoms with Crippen molar-refractivity contribution in [3.05, 3.63) is 70.2 Å². The molecular formula is C24H23F3N4O2. The molecule has 0 aliphatic heterocycles. The van der Waals surface area contributed by atoms with E-state index in [9.17, 15) is 13.2 Å². The average Bonchev–Trinajstić information content (AvgIpc) is 3.09. The number of methoxy groups -OCH3 is 1. The van der Waals surface area contributed by atoms with Gasteiger partial charge >= 0.3 is 6.18 Å². The minimum atomic E-state index is -4.60. The van der Waals surface area contributed by atoms with Crippen molar-refractivity contribution < 1.29 is 22.6 Å². The van der Waals surface area contributed by atoms with Crippen molar-refractivity contribution in [1.82, 2.24) is 19.7 Å². The van der Waals surface area contributed by atoms with Gasteiger partial charge in [0.05, 0.1) is 35.1 Å². The molecule has 6 nitrogen and oxygen atoms in total. The van der Waals surface area contributed by atoms with Gasteiger partial charge in [0.2, 0.25) is 5.88 Å². The summed E-state index contributed by atoms with van der Waals surface area (Å²) in [4.78, 5) is 8.73. The Labute approximate surface area is 189 Å². The van der Waals surface area contributed by atoms with Gasteiger partial charge in [-0.25, -0.2) is 4.68 Å². The van der Waals surface area contributed by atoms with E-state index in [1.54, 1.807) is 25.4 Å². The topological polar surface area (TPSA) is 62.1 Å². The summed E-state index contributed by atoms with van der Waals surface area (Å²) in [6.45, 7) is 7.10. The Morgan fingerprint density at radius 3 is 2.36 bits per heavy atom. The van der Waals surface area contributed by atoms with Gasteiger partial charge in [-0.3, -0.25) is 4.98 Å². The van der Waals surface area contributed by atoms with Crippen molar-refractivity contribution in [3.63, 3.8) is 0 Å². The van der Waals surface area contributed by atoms with Crippen LogP contribution in [0, 0.1) is 27.7 Å². The molecule has 0 saturated carbocycles. The number of benzene rings is 1. The van der Waals surface area contributed by atoms with Crippen LogP contribution < -0.4 is 9.47 Å². The molecule has 0 N–H and O–H groups in total. The Bertz CT molecular complexity index is 1330. The first kappa shape index (κ1) is 22.6. The van der Waals surface area contributed by atoms with Crippen LogP contribution >= 0.6 is 0 Å². The van der Waals surface area contributed by atoms with E-state index in [1.165, 1.54) is 11.6 Å². The van der Waals surface area contributed by atoms with Crippen LogP contribution in [0.5, 0.6) is 11.6 Å². The third-order valence-corrected chi connectivity index (χ3v) is 5.48. The van der Waals surface area contributed by atoms with E-state index in [1.807, 2.05) is 32.9 Å². The Morgan fingerprint density at radius 2 is 1.73 bits per heavy atom. The quantitative estimate of drug-likeness (QED) is 0.388. The molecule has 0 bridgehead atoms. The highest BCUT2D eigenvalue weighted by molar-refractivity contribution is 5.84. The van der Waals surface area contributed by atoms with Gasteiger partial charge in [0.1, 0.15) is 12.4 Å². The maximum atomic E-state index is 14.0. The van der Waals surface area contributed by atoms with Crippen LogP contribution in [-0.2, 0) is 12.8 Å². The van der Waals surface area contributed by atoms with E-state index in [0.29, 0.717) is 17.1 Å².